The Balaban J connectivity index is 5.10. The molecule has 2 unspecified atom stereocenters. The fourth-order valence-electron chi connectivity index (χ4n) is 2.90. The summed E-state index contributed by atoms with van der Waals surface area (Å²) in [4.78, 5) is 52.1. The number of aliphatic imine (C=N–C) groups is 1. The minimum absolute atomic E-state index is 0.0310. The van der Waals surface area contributed by atoms with Gasteiger partial charge in [0.25, 0.3) is 0 Å². The number of nitrogens with zero attached hydrogens (tertiary/aromatic N) is 1. The number of nitrogens with one attached hydrogen (secondary N) is 3. The van der Waals surface area contributed by atoms with Gasteiger partial charge in [-0.3, -0.25) is 19.4 Å². The number of amides is 3. The molecule has 0 heterocycles. The van der Waals surface area contributed by atoms with Crippen LogP contribution in [0.3, 0.4) is 0 Å². The lowest BCUT2D eigenvalue weighted by molar-refractivity contribution is -0.133. The Morgan fingerprint density at radius 2 is 1.40 bits per heavy atom. The van der Waals surface area contributed by atoms with Crippen molar-refractivity contribution in [3.8, 4) is 0 Å². The molecule has 3 amide bonds. The van der Waals surface area contributed by atoms with Gasteiger partial charge in [0.05, 0.1) is 6.04 Å². The molecular weight excluding hydrogens is 388 g/mol. The molecule has 3 atom stereocenters. The Bertz CT molecular complexity index is 602. The smallest absolute Gasteiger partial charge is 0.243 e. The fourth-order valence-corrected chi connectivity index (χ4v) is 2.90. The van der Waals surface area contributed by atoms with Crippen molar-refractivity contribution < 1.29 is 19.2 Å². The highest BCUT2D eigenvalue weighted by atomic mass is 16.2. The molecule has 172 valence electrons. The van der Waals surface area contributed by atoms with Gasteiger partial charge in [0.15, 0.2) is 5.96 Å². The molecule has 0 fully saturated rings. The SMILES string of the molecule is CC(=O)N[C@@H](CC(C)C)C(=O)NC(CC(C)C)C(=O)NC(C=O)CCCN=C(N)N. The van der Waals surface area contributed by atoms with Crippen LogP contribution in [0.15, 0.2) is 4.99 Å². The average molecular weight is 427 g/mol. The lowest BCUT2D eigenvalue weighted by Crippen LogP contribution is -2.55. The summed E-state index contributed by atoms with van der Waals surface area (Å²) in [5, 5.41) is 8.03. The topological polar surface area (TPSA) is 169 Å². The zero-order valence-electron chi connectivity index (χ0n) is 18.7. The Labute approximate surface area is 179 Å². The van der Waals surface area contributed by atoms with E-state index in [0.29, 0.717) is 38.5 Å². The lowest BCUT2D eigenvalue weighted by Gasteiger charge is -2.25. The molecule has 0 aliphatic rings. The normalized spacial score (nSPS) is 13.8. The Morgan fingerprint density at radius 3 is 1.83 bits per heavy atom. The third kappa shape index (κ3) is 12.7. The second kappa shape index (κ2) is 14.4. The van der Waals surface area contributed by atoms with Crippen molar-refractivity contribution in [3.63, 3.8) is 0 Å². The van der Waals surface area contributed by atoms with Crippen molar-refractivity contribution in [2.75, 3.05) is 6.54 Å². The van der Waals surface area contributed by atoms with Crippen LogP contribution in [0.2, 0.25) is 0 Å². The third-order valence-electron chi connectivity index (χ3n) is 4.20. The first kappa shape index (κ1) is 27.4. The zero-order chi connectivity index (χ0) is 23.3. The molecule has 30 heavy (non-hydrogen) atoms. The predicted molar refractivity (Wildman–Crippen MR) is 116 cm³/mol. The van der Waals surface area contributed by atoms with Gasteiger partial charge in [0, 0.05) is 13.5 Å². The summed E-state index contributed by atoms with van der Waals surface area (Å²) in [7, 11) is 0. The van der Waals surface area contributed by atoms with E-state index < -0.39 is 29.9 Å². The van der Waals surface area contributed by atoms with E-state index >= 15 is 0 Å². The molecule has 0 bridgehead atoms. The zero-order valence-corrected chi connectivity index (χ0v) is 18.7. The number of hydrogen-bond donors (Lipinski definition) is 5. The van der Waals surface area contributed by atoms with Gasteiger partial charge in [-0.15, -0.1) is 0 Å². The highest BCUT2D eigenvalue weighted by molar-refractivity contribution is 5.92. The van der Waals surface area contributed by atoms with Crippen LogP contribution in [0, 0.1) is 11.8 Å². The fraction of sp³-hybridized carbons (Fsp3) is 0.750. The second-order valence-corrected chi connectivity index (χ2v) is 8.27. The van der Waals surface area contributed by atoms with E-state index in [0.717, 1.165) is 0 Å². The first-order chi connectivity index (χ1) is 14.0. The summed E-state index contributed by atoms with van der Waals surface area (Å²) in [5.74, 6) is -0.909. The van der Waals surface area contributed by atoms with Crippen molar-refractivity contribution in [2.45, 2.75) is 78.4 Å². The number of rotatable bonds is 14. The first-order valence-electron chi connectivity index (χ1n) is 10.3. The molecule has 0 saturated heterocycles. The van der Waals surface area contributed by atoms with Crippen LogP contribution in [0.1, 0.15) is 60.3 Å². The van der Waals surface area contributed by atoms with Crippen molar-refractivity contribution in [1.82, 2.24) is 16.0 Å². The molecule has 0 aromatic rings. The molecule has 0 aromatic carbocycles. The molecule has 0 rings (SSSR count). The Kier molecular flexibility index (Phi) is 13.1. The Morgan fingerprint density at radius 1 is 0.900 bits per heavy atom. The maximum atomic E-state index is 12.8. The molecule has 0 spiro atoms. The molecule has 0 aromatic heterocycles. The lowest BCUT2D eigenvalue weighted by atomic mass is 9.99. The predicted octanol–water partition coefficient (Wildman–Crippen LogP) is -0.195. The van der Waals surface area contributed by atoms with Gasteiger partial charge in [-0.25, -0.2) is 0 Å². The van der Waals surface area contributed by atoms with Crippen LogP contribution in [0.4, 0.5) is 0 Å². The number of hydrogen-bond acceptors (Lipinski definition) is 5. The number of carbonyl (C=O) groups is 4. The molecule has 10 heteroatoms. The molecule has 0 aliphatic heterocycles. The van der Waals surface area contributed by atoms with Crippen LogP contribution in [-0.4, -0.2) is 54.6 Å². The molecule has 0 radical (unpaired) electrons. The van der Waals surface area contributed by atoms with E-state index in [2.05, 4.69) is 20.9 Å². The van der Waals surface area contributed by atoms with E-state index in [1.165, 1.54) is 6.92 Å². The summed E-state index contributed by atoms with van der Waals surface area (Å²) >= 11 is 0. The molecule has 7 N–H and O–H groups in total. The van der Waals surface area contributed by atoms with E-state index in [1.807, 2.05) is 27.7 Å². The molecule has 0 aliphatic carbocycles. The van der Waals surface area contributed by atoms with Crippen molar-refractivity contribution in [3.05, 3.63) is 0 Å². The monoisotopic (exact) mass is 426 g/mol. The van der Waals surface area contributed by atoms with Crippen LogP contribution < -0.4 is 27.4 Å². The molecule has 10 nitrogen and oxygen atoms in total. The quantitative estimate of drug-likeness (QED) is 0.112. The van der Waals surface area contributed by atoms with Gasteiger partial charge in [-0.1, -0.05) is 27.7 Å². The summed E-state index contributed by atoms with van der Waals surface area (Å²) in [6, 6.07) is -2.26. The Hall–Kier alpha value is -2.65. The number of carbonyl (C=O) groups excluding carboxylic acids is 4. The summed E-state index contributed by atoms with van der Waals surface area (Å²) in [5.41, 5.74) is 10.5. The average Bonchev–Trinajstić information content (AvgIpc) is 2.61. The van der Waals surface area contributed by atoms with Gasteiger partial charge in [-0.05, 0) is 37.5 Å². The maximum Gasteiger partial charge on any atom is 0.243 e. The second-order valence-electron chi connectivity index (χ2n) is 8.27. The summed E-state index contributed by atoms with van der Waals surface area (Å²) < 4.78 is 0. The van der Waals surface area contributed by atoms with Crippen LogP contribution in [0.25, 0.3) is 0 Å². The van der Waals surface area contributed by atoms with Gasteiger partial charge >= 0.3 is 0 Å². The van der Waals surface area contributed by atoms with E-state index in [-0.39, 0.29) is 23.7 Å². The van der Waals surface area contributed by atoms with Gasteiger partial charge in [-0.2, -0.15) is 0 Å². The standard InChI is InChI=1S/C20H38N6O4/c1-12(2)9-16(24-14(5)28)19(30)26-17(10-13(3)4)18(29)25-15(11-27)7-6-8-23-20(21)22/h11-13,15-17H,6-10H2,1-5H3,(H,24,28)(H,25,29)(H,26,30)(H4,21,22,23)/t15?,16-,17?/m0/s1. The first-order valence-corrected chi connectivity index (χ1v) is 10.3. The van der Waals surface area contributed by atoms with Crippen molar-refractivity contribution >= 4 is 30.0 Å². The van der Waals surface area contributed by atoms with Crippen molar-refractivity contribution in [1.29, 1.82) is 0 Å². The number of aldehydes is 1. The number of nitrogens with two attached hydrogens (primary N) is 2. The van der Waals surface area contributed by atoms with Gasteiger partial charge < -0.3 is 32.2 Å². The van der Waals surface area contributed by atoms with Crippen LogP contribution >= 0.6 is 0 Å². The highest BCUT2D eigenvalue weighted by Crippen LogP contribution is 2.09. The van der Waals surface area contributed by atoms with Gasteiger partial charge in [0.2, 0.25) is 17.7 Å². The van der Waals surface area contributed by atoms with E-state index in [9.17, 15) is 19.2 Å². The summed E-state index contributed by atoms with van der Waals surface area (Å²) in [6.07, 6.45) is 2.38. The third-order valence-corrected chi connectivity index (χ3v) is 4.20. The summed E-state index contributed by atoms with van der Waals surface area (Å²) in [6.45, 7) is 9.43. The highest BCUT2D eigenvalue weighted by Gasteiger charge is 2.28. The minimum Gasteiger partial charge on any atom is -0.370 e. The minimum atomic E-state index is -0.818. The van der Waals surface area contributed by atoms with E-state index in [1.54, 1.807) is 0 Å². The largest absolute Gasteiger partial charge is 0.370 e. The van der Waals surface area contributed by atoms with E-state index in [4.69, 9.17) is 11.5 Å². The maximum absolute atomic E-state index is 12.8. The molecular formula is C20H38N6O4. The van der Waals surface area contributed by atoms with Crippen molar-refractivity contribution in [2.24, 2.45) is 28.3 Å². The number of guanidine groups is 1. The van der Waals surface area contributed by atoms with Gasteiger partial charge in [0.1, 0.15) is 18.4 Å². The molecule has 0 saturated carbocycles. The van der Waals surface area contributed by atoms with Crippen LogP contribution in [-0.2, 0) is 19.2 Å². The van der Waals surface area contributed by atoms with Crippen LogP contribution in [0.5, 0.6) is 0 Å².